The van der Waals surface area contributed by atoms with Crippen molar-refractivity contribution in [1.29, 1.82) is 0 Å². The van der Waals surface area contributed by atoms with Crippen LogP contribution in [0.1, 0.15) is 0 Å². The SMILES string of the molecule is [N-]=[N+]=NC1[C@H](Oc2ccc([N+](=O)[O-])cc2)OC(CO)[C@H](O)[C@H]1O. The minimum Gasteiger partial charge on any atom is -0.464 e. The van der Waals surface area contributed by atoms with Gasteiger partial charge in [0.25, 0.3) is 5.69 Å². The molecule has 0 aromatic heterocycles. The van der Waals surface area contributed by atoms with E-state index in [9.17, 15) is 20.3 Å². The molecule has 5 atom stereocenters. The van der Waals surface area contributed by atoms with Gasteiger partial charge in [-0.3, -0.25) is 10.1 Å². The van der Waals surface area contributed by atoms with Crippen LogP contribution in [0.3, 0.4) is 0 Å². The third-order valence-electron chi connectivity index (χ3n) is 3.33. The Morgan fingerprint density at radius 1 is 1.35 bits per heavy atom. The van der Waals surface area contributed by atoms with Gasteiger partial charge >= 0.3 is 0 Å². The second-order valence-corrected chi connectivity index (χ2v) is 4.77. The number of aliphatic hydroxyl groups is 3. The molecule has 0 aliphatic carbocycles. The monoisotopic (exact) mass is 326 g/mol. The van der Waals surface area contributed by atoms with Crippen molar-refractivity contribution in [3.05, 3.63) is 44.8 Å². The number of nitro groups is 1. The summed E-state index contributed by atoms with van der Waals surface area (Å²) in [6.45, 7) is -0.582. The number of nitrogens with zero attached hydrogens (tertiary/aromatic N) is 4. The quantitative estimate of drug-likeness (QED) is 0.226. The van der Waals surface area contributed by atoms with Crippen LogP contribution in [-0.2, 0) is 4.74 Å². The van der Waals surface area contributed by atoms with Crippen LogP contribution in [0.25, 0.3) is 10.4 Å². The zero-order valence-corrected chi connectivity index (χ0v) is 11.7. The summed E-state index contributed by atoms with van der Waals surface area (Å²) in [5.41, 5.74) is 8.42. The molecule has 124 valence electrons. The van der Waals surface area contributed by atoms with E-state index in [0.717, 1.165) is 0 Å². The standard InChI is InChI=1S/C12H14N4O7/c13-15-14-9-11(19)10(18)8(5-17)23-12(9)22-7-3-1-6(2-4-7)16(20)21/h1-4,8-12,17-19H,5H2/t8?,9?,10-,11-,12+/m0/s1. The minimum atomic E-state index is -1.50. The van der Waals surface area contributed by atoms with Gasteiger partial charge in [0.2, 0.25) is 6.29 Å². The highest BCUT2D eigenvalue weighted by Gasteiger charge is 2.45. The molecule has 23 heavy (non-hydrogen) atoms. The minimum absolute atomic E-state index is 0.141. The molecule has 0 spiro atoms. The summed E-state index contributed by atoms with van der Waals surface area (Å²) < 4.78 is 10.7. The van der Waals surface area contributed by atoms with Gasteiger partial charge in [0.05, 0.1) is 17.6 Å². The highest BCUT2D eigenvalue weighted by atomic mass is 16.7. The van der Waals surface area contributed by atoms with Crippen LogP contribution in [-0.4, -0.2) is 57.5 Å². The van der Waals surface area contributed by atoms with Crippen LogP contribution in [0, 0.1) is 10.1 Å². The van der Waals surface area contributed by atoms with Gasteiger partial charge in [0.15, 0.2) is 0 Å². The van der Waals surface area contributed by atoms with E-state index in [0.29, 0.717) is 0 Å². The van der Waals surface area contributed by atoms with E-state index in [-0.39, 0.29) is 11.4 Å². The van der Waals surface area contributed by atoms with Gasteiger partial charge < -0.3 is 24.8 Å². The van der Waals surface area contributed by atoms with Crippen LogP contribution in [0.4, 0.5) is 5.69 Å². The summed E-state index contributed by atoms with van der Waals surface area (Å²) >= 11 is 0. The van der Waals surface area contributed by atoms with Gasteiger partial charge in [0.1, 0.15) is 24.0 Å². The lowest BCUT2D eigenvalue weighted by Gasteiger charge is -2.40. The summed E-state index contributed by atoms with van der Waals surface area (Å²) in [5.74, 6) is 0.166. The Balaban J connectivity index is 2.20. The van der Waals surface area contributed by atoms with Crippen LogP contribution >= 0.6 is 0 Å². The Kier molecular flexibility index (Phi) is 5.32. The first-order valence-corrected chi connectivity index (χ1v) is 6.55. The molecular formula is C12H14N4O7. The number of rotatable bonds is 5. The molecule has 0 radical (unpaired) electrons. The molecule has 0 bridgehead atoms. The summed E-state index contributed by atoms with van der Waals surface area (Å²) in [6.07, 6.45) is -5.35. The van der Waals surface area contributed by atoms with E-state index < -0.39 is 42.2 Å². The zero-order chi connectivity index (χ0) is 17.0. The number of aliphatic hydroxyl groups excluding tert-OH is 3. The molecule has 2 unspecified atom stereocenters. The maximum atomic E-state index is 10.6. The number of azide groups is 1. The fraction of sp³-hybridized carbons (Fsp3) is 0.500. The fourth-order valence-corrected chi connectivity index (χ4v) is 2.13. The molecule has 11 heteroatoms. The summed E-state index contributed by atoms with van der Waals surface area (Å²) in [6, 6.07) is 3.76. The van der Waals surface area contributed by atoms with Crippen LogP contribution in [0.2, 0.25) is 0 Å². The number of hydrogen-bond donors (Lipinski definition) is 3. The van der Waals surface area contributed by atoms with Gasteiger partial charge in [-0.2, -0.15) is 0 Å². The van der Waals surface area contributed by atoms with Gasteiger partial charge in [-0.25, -0.2) is 0 Å². The number of hydrogen-bond acceptors (Lipinski definition) is 8. The molecule has 1 fully saturated rings. The third kappa shape index (κ3) is 3.67. The molecule has 0 amide bonds. The topological polar surface area (TPSA) is 171 Å². The van der Waals surface area contributed by atoms with Crippen LogP contribution in [0.5, 0.6) is 5.75 Å². The number of ether oxygens (including phenoxy) is 2. The third-order valence-corrected chi connectivity index (χ3v) is 3.33. The molecule has 1 aromatic rings. The Hall–Kier alpha value is -2.43. The van der Waals surface area contributed by atoms with Gasteiger partial charge in [-0.15, -0.1) is 0 Å². The number of non-ortho nitro benzene ring substituents is 1. The smallest absolute Gasteiger partial charge is 0.269 e. The maximum Gasteiger partial charge on any atom is 0.269 e. The Morgan fingerprint density at radius 2 is 2.00 bits per heavy atom. The lowest BCUT2D eigenvalue weighted by atomic mass is 9.98. The number of nitro benzene ring substituents is 1. The molecular weight excluding hydrogens is 312 g/mol. The molecule has 3 N–H and O–H groups in total. The van der Waals surface area contributed by atoms with E-state index in [1.165, 1.54) is 24.3 Å². The van der Waals surface area contributed by atoms with Crippen molar-refractivity contribution in [1.82, 2.24) is 0 Å². The van der Waals surface area contributed by atoms with Crippen molar-refractivity contribution in [3.8, 4) is 5.75 Å². The van der Waals surface area contributed by atoms with Crippen molar-refractivity contribution in [3.63, 3.8) is 0 Å². The van der Waals surface area contributed by atoms with Crippen LogP contribution < -0.4 is 4.74 Å². The van der Waals surface area contributed by atoms with Gasteiger partial charge in [-0.05, 0) is 17.7 Å². The Morgan fingerprint density at radius 3 is 2.52 bits per heavy atom. The molecule has 1 aliphatic heterocycles. The number of benzene rings is 1. The van der Waals surface area contributed by atoms with Crippen molar-refractivity contribution >= 4 is 5.69 Å². The van der Waals surface area contributed by atoms with Crippen LogP contribution in [0.15, 0.2) is 29.4 Å². The average molecular weight is 326 g/mol. The predicted octanol–water partition coefficient (Wildman–Crippen LogP) is 0.0915. The largest absolute Gasteiger partial charge is 0.464 e. The van der Waals surface area contributed by atoms with Crippen molar-refractivity contribution in [2.45, 2.75) is 30.6 Å². The lowest BCUT2D eigenvalue weighted by Crippen LogP contribution is -2.59. The fourth-order valence-electron chi connectivity index (χ4n) is 2.13. The molecule has 11 nitrogen and oxygen atoms in total. The lowest BCUT2D eigenvalue weighted by molar-refractivity contribution is -0.384. The first-order chi connectivity index (χ1) is 11.0. The molecule has 1 heterocycles. The van der Waals surface area contributed by atoms with Gasteiger partial charge in [0, 0.05) is 17.0 Å². The highest BCUT2D eigenvalue weighted by Crippen LogP contribution is 2.27. The Labute approximate surface area is 129 Å². The van der Waals surface area contributed by atoms with Gasteiger partial charge in [-0.1, -0.05) is 5.11 Å². The summed E-state index contributed by atoms with van der Waals surface area (Å²) in [7, 11) is 0. The zero-order valence-electron chi connectivity index (χ0n) is 11.7. The first-order valence-electron chi connectivity index (χ1n) is 6.55. The van der Waals surface area contributed by atoms with Crippen molar-refractivity contribution in [2.24, 2.45) is 5.11 Å². The Bertz CT molecular complexity index is 604. The summed E-state index contributed by atoms with van der Waals surface area (Å²) in [4.78, 5) is 12.6. The van der Waals surface area contributed by atoms with E-state index in [4.69, 9.17) is 20.1 Å². The van der Waals surface area contributed by atoms with E-state index >= 15 is 0 Å². The van der Waals surface area contributed by atoms with Crippen molar-refractivity contribution < 1.29 is 29.7 Å². The van der Waals surface area contributed by atoms with E-state index in [2.05, 4.69) is 10.0 Å². The molecule has 1 saturated heterocycles. The maximum absolute atomic E-state index is 10.6. The first kappa shape index (κ1) is 16.9. The highest BCUT2D eigenvalue weighted by molar-refractivity contribution is 5.36. The normalized spacial score (nSPS) is 30.3. The second kappa shape index (κ2) is 7.22. The molecule has 1 aromatic carbocycles. The average Bonchev–Trinajstić information content (AvgIpc) is 2.54. The predicted molar refractivity (Wildman–Crippen MR) is 74.4 cm³/mol. The summed E-state index contributed by atoms with van der Waals surface area (Å²) in [5, 5.41) is 42.8. The van der Waals surface area contributed by atoms with Crippen molar-refractivity contribution in [2.75, 3.05) is 6.61 Å². The van der Waals surface area contributed by atoms with E-state index in [1.807, 2.05) is 0 Å². The molecule has 1 aliphatic rings. The second-order valence-electron chi connectivity index (χ2n) is 4.77. The molecule has 0 saturated carbocycles. The molecule has 2 rings (SSSR count). The van der Waals surface area contributed by atoms with E-state index in [1.54, 1.807) is 0 Å².